The van der Waals surface area contributed by atoms with Crippen LogP contribution in [0.1, 0.15) is 38.8 Å². The molecule has 1 saturated heterocycles. The molecule has 1 aliphatic rings. The summed E-state index contributed by atoms with van der Waals surface area (Å²) in [5.74, 6) is 0.134. The maximum Gasteiger partial charge on any atom is 0.246 e. The quantitative estimate of drug-likeness (QED) is 0.842. The molecule has 0 bridgehead atoms. The predicted molar refractivity (Wildman–Crippen MR) is 79.6 cm³/mol. The molecule has 1 aromatic carbocycles. The van der Waals surface area contributed by atoms with E-state index < -0.39 is 5.54 Å². The Hall–Kier alpha value is -1.35. The van der Waals surface area contributed by atoms with Crippen molar-refractivity contribution >= 4 is 11.6 Å². The number of nitrogens with one attached hydrogen (secondary N) is 1. The molecule has 0 radical (unpaired) electrons. The fraction of sp³-hybridized carbons (Fsp3) is 0.562. The van der Waals surface area contributed by atoms with Gasteiger partial charge >= 0.3 is 0 Å². The molecule has 0 atom stereocenters. The first-order valence-electron chi connectivity index (χ1n) is 6.81. The topological polar surface area (TPSA) is 32.3 Å². The first-order chi connectivity index (χ1) is 8.62. The molecule has 1 heterocycles. The van der Waals surface area contributed by atoms with Crippen molar-refractivity contribution in [1.29, 1.82) is 0 Å². The molecule has 19 heavy (non-hydrogen) atoms. The summed E-state index contributed by atoms with van der Waals surface area (Å²) >= 11 is 0. The van der Waals surface area contributed by atoms with Crippen molar-refractivity contribution < 1.29 is 4.79 Å². The zero-order valence-corrected chi connectivity index (χ0v) is 12.8. The van der Waals surface area contributed by atoms with Crippen LogP contribution in [-0.4, -0.2) is 23.5 Å². The van der Waals surface area contributed by atoms with Gasteiger partial charge in [0.15, 0.2) is 0 Å². The van der Waals surface area contributed by atoms with Gasteiger partial charge in [0.1, 0.15) is 0 Å². The Kier molecular flexibility index (Phi) is 3.21. The van der Waals surface area contributed by atoms with Gasteiger partial charge in [-0.25, -0.2) is 0 Å². The minimum Gasteiger partial charge on any atom is -0.309 e. The molecule has 1 aromatic rings. The normalized spacial score (nSPS) is 21.6. The number of benzene rings is 1. The zero-order valence-electron chi connectivity index (χ0n) is 12.8. The van der Waals surface area contributed by atoms with E-state index >= 15 is 0 Å². The zero-order chi connectivity index (χ0) is 14.4. The number of hydrogen-bond acceptors (Lipinski definition) is 2. The lowest BCUT2D eigenvalue weighted by Gasteiger charge is -2.47. The fourth-order valence-electron chi connectivity index (χ4n) is 2.85. The third-order valence-electron chi connectivity index (χ3n) is 3.79. The Morgan fingerprint density at radius 3 is 2.32 bits per heavy atom. The molecule has 1 fully saturated rings. The van der Waals surface area contributed by atoms with Crippen LogP contribution in [0.4, 0.5) is 5.69 Å². The number of amides is 1. The Labute approximate surface area is 116 Å². The van der Waals surface area contributed by atoms with E-state index in [-0.39, 0.29) is 11.4 Å². The van der Waals surface area contributed by atoms with E-state index in [0.29, 0.717) is 6.54 Å². The van der Waals surface area contributed by atoms with Gasteiger partial charge in [-0.3, -0.25) is 10.1 Å². The van der Waals surface area contributed by atoms with Gasteiger partial charge < -0.3 is 4.90 Å². The van der Waals surface area contributed by atoms with Gasteiger partial charge in [0, 0.05) is 17.8 Å². The molecule has 3 heteroatoms. The van der Waals surface area contributed by atoms with E-state index in [1.807, 2.05) is 24.8 Å². The Bertz CT molecular complexity index is 517. The molecule has 0 aromatic heterocycles. The SMILES string of the molecule is Cc1ccc(N2CC(C)(C)NC(C)(C)C2=O)cc1C. The lowest BCUT2D eigenvalue weighted by molar-refractivity contribution is -0.126. The Balaban J connectivity index is 2.42. The van der Waals surface area contributed by atoms with Gasteiger partial charge in [0.2, 0.25) is 5.91 Å². The monoisotopic (exact) mass is 260 g/mol. The second kappa shape index (κ2) is 4.34. The summed E-state index contributed by atoms with van der Waals surface area (Å²) in [6, 6.07) is 6.22. The van der Waals surface area contributed by atoms with Gasteiger partial charge in [-0.15, -0.1) is 0 Å². The van der Waals surface area contributed by atoms with Crippen LogP contribution in [-0.2, 0) is 4.79 Å². The van der Waals surface area contributed by atoms with Crippen molar-refractivity contribution in [3.8, 4) is 0 Å². The van der Waals surface area contributed by atoms with E-state index in [0.717, 1.165) is 5.69 Å². The maximum absolute atomic E-state index is 12.6. The number of rotatable bonds is 1. The first-order valence-corrected chi connectivity index (χ1v) is 6.81. The standard InChI is InChI=1S/C16H24N2O/c1-11-7-8-13(9-12(11)2)18-10-15(3,4)17-16(5,6)14(18)19/h7-9,17H,10H2,1-6H3. The molecule has 1 amide bonds. The predicted octanol–water partition coefficient (Wildman–Crippen LogP) is 2.80. The molecule has 1 N–H and O–H groups in total. The third kappa shape index (κ3) is 2.66. The summed E-state index contributed by atoms with van der Waals surface area (Å²) < 4.78 is 0. The lowest BCUT2D eigenvalue weighted by atomic mass is 9.90. The average Bonchev–Trinajstić information content (AvgIpc) is 2.26. The van der Waals surface area contributed by atoms with Crippen molar-refractivity contribution in [2.75, 3.05) is 11.4 Å². The molecule has 3 nitrogen and oxygen atoms in total. The van der Waals surface area contributed by atoms with Gasteiger partial charge in [-0.05, 0) is 64.8 Å². The van der Waals surface area contributed by atoms with Gasteiger partial charge in [0.05, 0.1) is 5.54 Å². The molecule has 0 spiro atoms. The number of aryl methyl sites for hydroxylation is 2. The van der Waals surface area contributed by atoms with Crippen molar-refractivity contribution in [1.82, 2.24) is 5.32 Å². The van der Waals surface area contributed by atoms with Crippen LogP contribution in [0.15, 0.2) is 18.2 Å². The molecular formula is C16H24N2O. The number of piperazine rings is 1. The molecule has 0 saturated carbocycles. The van der Waals surface area contributed by atoms with Crippen LogP contribution >= 0.6 is 0 Å². The smallest absolute Gasteiger partial charge is 0.246 e. The summed E-state index contributed by atoms with van der Waals surface area (Å²) in [4.78, 5) is 14.5. The maximum atomic E-state index is 12.6. The van der Waals surface area contributed by atoms with Gasteiger partial charge in [-0.1, -0.05) is 6.07 Å². The fourth-order valence-corrected chi connectivity index (χ4v) is 2.85. The van der Waals surface area contributed by atoms with Crippen LogP contribution in [0.3, 0.4) is 0 Å². The largest absolute Gasteiger partial charge is 0.309 e. The van der Waals surface area contributed by atoms with Crippen LogP contribution in [0.5, 0.6) is 0 Å². The summed E-state index contributed by atoms with van der Waals surface area (Å²) in [7, 11) is 0. The molecular weight excluding hydrogens is 236 g/mol. The highest BCUT2D eigenvalue weighted by atomic mass is 16.2. The van der Waals surface area contributed by atoms with E-state index in [2.05, 4.69) is 45.1 Å². The second-order valence-corrected chi connectivity index (χ2v) is 6.79. The number of carbonyl (C=O) groups is 1. The van der Waals surface area contributed by atoms with Gasteiger partial charge in [-0.2, -0.15) is 0 Å². The molecule has 2 rings (SSSR count). The lowest BCUT2D eigenvalue weighted by Crippen LogP contribution is -2.70. The van der Waals surface area contributed by atoms with Crippen molar-refractivity contribution in [3.63, 3.8) is 0 Å². The minimum atomic E-state index is -0.527. The van der Waals surface area contributed by atoms with Crippen LogP contribution in [0.2, 0.25) is 0 Å². The molecule has 1 aliphatic heterocycles. The van der Waals surface area contributed by atoms with E-state index in [9.17, 15) is 4.79 Å². The Morgan fingerprint density at radius 2 is 1.74 bits per heavy atom. The van der Waals surface area contributed by atoms with E-state index in [1.54, 1.807) is 0 Å². The summed E-state index contributed by atoms with van der Waals surface area (Å²) in [6.45, 7) is 13.0. The van der Waals surface area contributed by atoms with Crippen LogP contribution in [0.25, 0.3) is 0 Å². The number of hydrogen-bond donors (Lipinski definition) is 1. The van der Waals surface area contributed by atoms with Crippen LogP contribution < -0.4 is 10.2 Å². The highest BCUT2D eigenvalue weighted by Crippen LogP contribution is 2.28. The number of nitrogens with zero attached hydrogens (tertiary/aromatic N) is 1. The summed E-state index contributed by atoms with van der Waals surface area (Å²) in [5, 5.41) is 3.42. The molecule has 0 unspecified atom stereocenters. The van der Waals surface area contributed by atoms with Crippen molar-refractivity contribution in [2.24, 2.45) is 0 Å². The summed E-state index contributed by atoms with van der Waals surface area (Å²) in [6.07, 6.45) is 0. The van der Waals surface area contributed by atoms with E-state index in [1.165, 1.54) is 11.1 Å². The highest BCUT2D eigenvalue weighted by molar-refractivity contribution is 6.01. The average molecular weight is 260 g/mol. The van der Waals surface area contributed by atoms with Gasteiger partial charge in [0.25, 0.3) is 0 Å². The molecule has 0 aliphatic carbocycles. The van der Waals surface area contributed by atoms with Crippen molar-refractivity contribution in [2.45, 2.75) is 52.6 Å². The first kappa shape index (κ1) is 14.1. The highest BCUT2D eigenvalue weighted by Gasteiger charge is 2.43. The Morgan fingerprint density at radius 1 is 1.11 bits per heavy atom. The van der Waals surface area contributed by atoms with E-state index in [4.69, 9.17) is 0 Å². The second-order valence-electron chi connectivity index (χ2n) is 6.79. The summed E-state index contributed by atoms with van der Waals surface area (Å²) in [5.41, 5.74) is 2.86. The van der Waals surface area contributed by atoms with Crippen LogP contribution in [0, 0.1) is 13.8 Å². The number of carbonyl (C=O) groups excluding carboxylic acids is 1. The number of anilines is 1. The van der Waals surface area contributed by atoms with Crippen molar-refractivity contribution in [3.05, 3.63) is 29.3 Å². The third-order valence-corrected chi connectivity index (χ3v) is 3.79. The molecule has 104 valence electrons. The minimum absolute atomic E-state index is 0.0871.